The molecule has 0 saturated heterocycles. The van der Waals surface area contributed by atoms with Crippen LogP contribution < -0.4 is 0 Å². The standard InChI is InChI=1S/C20H40O3/c1-3-4-5-6-7-8-9-10-11-12-13-14-15-16-17-18-19(21)20(22)23-2/h19,21H,3-18H2,1-2H3. The fourth-order valence-electron chi connectivity index (χ4n) is 2.96. The summed E-state index contributed by atoms with van der Waals surface area (Å²) in [5.41, 5.74) is 0. The first-order valence-corrected chi connectivity index (χ1v) is 9.98. The van der Waals surface area contributed by atoms with Gasteiger partial charge >= 0.3 is 5.97 Å². The van der Waals surface area contributed by atoms with Gasteiger partial charge in [0.1, 0.15) is 0 Å². The van der Waals surface area contributed by atoms with E-state index in [4.69, 9.17) is 0 Å². The molecule has 0 rings (SSSR count). The molecule has 0 fully saturated rings. The van der Waals surface area contributed by atoms with Crippen molar-refractivity contribution < 1.29 is 14.6 Å². The van der Waals surface area contributed by atoms with Crippen LogP contribution in [0.2, 0.25) is 0 Å². The number of aliphatic hydroxyl groups excluding tert-OH is 1. The second-order valence-corrected chi connectivity index (χ2v) is 6.78. The van der Waals surface area contributed by atoms with E-state index >= 15 is 0 Å². The van der Waals surface area contributed by atoms with E-state index in [1.807, 2.05) is 0 Å². The molecule has 3 nitrogen and oxygen atoms in total. The number of hydrogen-bond acceptors (Lipinski definition) is 3. The lowest BCUT2D eigenvalue weighted by atomic mass is 10.0. The average molecular weight is 329 g/mol. The maximum atomic E-state index is 11.0. The maximum absolute atomic E-state index is 11.0. The highest BCUT2D eigenvalue weighted by Gasteiger charge is 2.13. The third-order valence-electron chi connectivity index (χ3n) is 4.55. The fraction of sp³-hybridized carbons (Fsp3) is 0.950. The van der Waals surface area contributed by atoms with Crippen LogP contribution in [0.5, 0.6) is 0 Å². The second kappa shape index (κ2) is 17.8. The number of rotatable bonds is 17. The lowest BCUT2D eigenvalue weighted by Gasteiger charge is -2.07. The number of carbonyl (C=O) groups excluding carboxylic acids is 1. The Bertz CT molecular complexity index is 253. The number of hydrogen-bond donors (Lipinski definition) is 1. The van der Waals surface area contributed by atoms with E-state index in [-0.39, 0.29) is 0 Å². The van der Waals surface area contributed by atoms with E-state index in [0.717, 1.165) is 12.8 Å². The topological polar surface area (TPSA) is 46.5 Å². The molecular formula is C20H40O3. The van der Waals surface area contributed by atoms with Gasteiger partial charge in [0.2, 0.25) is 0 Å². The van der Waals surface area contributed by atoms with E-state index in [2.05, 4.69) is 11.7 Å². The molecule has 0 aliphatic heterocycles. The van der Waals surface area contributed by atoms with E-state index < -0.39 is 12.1 Å². The molecule has 0 aliphatic rings. The summed E-state index contributed by atoms with van der Waals surface area (Å²) in [7, 11) is 1.32. The van der Waals surface area contributed by atoms with E-state index in [0.29, 0.717) is 6.42 Å². The van der Waals surface area contributed by atoms with Crippen molar-refractivity contribution in [2.24, 2.45) is 0 Å². The molecule has 0 aromatic heterocycles. The van der Waals surface area contributed by atoms with Crippen molar-refractivity contribution in [3.8, 4) is 0 Å². The predicted molar refractivity (Wildman–Crippen MR) is 97.6 cm³/mol. The minimum atomic E-state index is -0.929. The average Bonchev–Trinajstić information content (AvgIpc) is 2.57. The Morgan fingerprint density at radius 2 is 1.09 bits per heavy atom. The van der Waals surface area contributed by atoms with Crippen LogP contribution in [-0.2, 0) is 9.53 Å². The van der Waals surface area contributed by atoms with Crippen LogP contribution >= 0.6 is 0 Å². The number of unbranched alkanes of at least 4 members (excludes halogenated alkanes) is 14. The highest BCUT2D eigenvalue weighted by molar-refractivity contribution is 5.74. The fourth-order valence-corrected chi connectivity index (χ4v) is 2.96. The van der Waals surface area contributed by atoms with E-state index in [1.54, 1.807) is 0 Å². The number of aliphatic hydroxyl groups is 1. The smallest absolute Gasteiger partial charge is 0.334 e. The summed E-state index contributed by atoms with van der Waals surface area (Å²) < 4.78 is 4.50. The first-order chi connectivity index (χ1) is 11.2. The van der Waals surface area contributed by atoms with E-state index in [9.17, 15) is 9.90 Å². The van der Waals surface area contributed by atoms with Gasteiger partial charge in [0.15, 0.2) is 6.10 Å². The molecule has 0 aromatic rings. The Balaban J connectivity index is 3.09. The van der Waals surface area contributed by atoms with Crippen molar-refractivity contribution >= 4 is 5.97 Å². The van der Waals surface area contributed by atoms with Crippen LogP contribution in [0.25, 0.3) is 0 Å². The van der Waals surface area contributed by atoms with Gasteiger partial charge in [-0.15, -0.1) is 0 Å². The summed E-state index contributed by atoms with van der Waals surface area (Å²) in [5, 5.41) is 9.45. The number of esters is 1. The lowest BCUT2D eigenvalue weighted by molar-refractivity contribution is -0.150. The quantitative estimate of drug-likeness (QED) is 0.272. The first kappa shape index (κ1) is 22.4. The van der Waals surface area contributed by atoms with Gasteiger partial charge in [-0.3, -0.25) is 0 Å². The molecule has 0 radical (unpaired) electrons. The molecule has 0 aliphatic carbocycles. The summed E-state index contributed by atoms with van der Waals surface area (Å²) >= 11 is 0. The molecule has 0 bridgehead atoms. The van der Waals surface area contributed by atoms with Gasteiger partial charge in [-0.05, 0) is 6.42 Å². The molecule has 1 N–H and O–H groups in total. The van der Waals surface area contributed by atoms with Gasteiger partial charge in [0, 0.05) is 0 Å². The SMILES string of the molecule is CCCCCCCCCCCCCCCCCC(O)C(=O)OC. The number of carbonyl (C=O) groups is 1. The molecule has 1 atom stereocenters. The first-order valence-electron chi connectivity index (χ1n) is 9.98. The molecule has 0 amide bonds. The van der Waals surface area contributed by atoms with Gasteiger partial charge in [-0.25, -0.2) is 4.79 Å². The molecule has 138 valence electrons. The molecule has 1 unspecified atom stereocenters. The van der Waals surface area contributed by atoms with Crippen LogP contribution in [0.15, 0.2) is 0 Å². The summed E-state index contributed by atoms with van der Waals surface area (Å²) in [6.45, 7) is 2.27. The van der Waals surface area contributed by atoms with Gasteiger partial charge in [0.25, 0.3) is 0 Å². The molecule has 0 spiro atoms. The van der Waals surface area contributed by atoms with Crippen LogP contribution in [-0.4, -0.2) is 24.3 Å². The zero-order valence-electron chi connectivity index (χ0n) is 15.7. The zero-order valence-corrected chi connectivity index (χ0v) is 15.7. The van der Waals surface area contributed by atoms with E-state index in [1.165, 1.54) is 90.6 Å². The molecule has 0 heterocycles. The summed E-state index contributed by atoms with van der Waals surface area (Å²) in [6, 6.07) is 0. The van der Waals surface area contributed by atoms with Crippen molar-refractivity contribution in [3.05, 3.63) is 0 Å². The maximum Gasteiger partial charge on any atom is 0.334 e. The number of methoxy groups -OCH3 is 1. The second-order valence-electron chi connectivity index (χ2n) is 6.78. The van der Waals surface area contributed by atoms with Crippen molar-refractivity contribution in [1.29, 1.82) is 0 Å². The van der Waals surface area contributed by atoms with Gasteiger partial charge in [-0.1, -0.05) is 103 Å². The van der Waals surface area contributed by atoms with Crippen LogP contribution in [0, 0.1) is 0 Å². The van der Waals surface area contributed by atoms with Crippen molar-refractivity contribution in [1.82, 2.24) is 0 Å². The Morgan fingerprint density at radius 3 is 1.43 bits per heavy atom. The normalized spacial score (nSPS) is 12.3. The van der Waals surface area contributed by atoms with Gasteiger partial charge in [-0.2, -0.15) is 0 Å². The molecular weight excluding hydrogens is 288 g/mol. The Kier molecular flexibility index (Phi) is 17.3. The minimum Gasteiger partial charge on any atom is -0.467 e. The van der Waals surface area contributed by atoms with Crippen molar-refractivity contribution in [2.75, 3.05) is 7.11 Å². The number of ether oxygens (including phenoxy) is 1. The van der Waals surface area contributed by atoms with Gasteiger partial charge in [0.05, 0.1) is 7.11 Å². The van der Waals surface area contributed by atoms with Crippen LogP contribution in [0.1, 0.15) is 110 Å². The lowest BCUT2D eigenvalue weighted by Crippen LogP contribution is -2.21. The summed E-state index contributed by atoms with van der Waals surface area (Å²) in [4.78, 5) is 11.0. The summed E-state index contributed by atoms with van der Waals surface area (Å²) in [5.74, 6) is -0.504. The molecule has 23 heavy (non-hydrogen) atoms. The third-order valence-corrected chi connectivity index (χ3v) is 4.55. The van der Waals surface area contributed by atoms with Crippen molar-refractivity contribution in [3.63, 3.8) is 0 Å². The minimum absolute atomic E-state index is 0.504. The monoisotopic (exact) mass is 328 g/mol. The third kappa shape index (κ3) is 16.1. The van der Waals surface area contributed by atoms with Crippen LogP contribution in [0.3, 0.4) is 0 Å². The van der Waals surface area contributed by atoms with Gasteiger partial charge < -0.3 is 9.84 Å². The predicted octanol–water partition coefficient (Wildman–Crippen LogP) is 5.78. The highest BCUT2D eigenvalue weighted by atomic mass is 16.5. The molecule has 0 saturated carbocycles. The Hall–Kier alpha value is -0.570. The Labute approximate surface area is 144 Å². The summed E-state index contributed by atoms with van der Waals surface area (Å²) in [6.07, 6.45) is 19.5. The highest BCUT2D eigenvalue weighted by Crippen LogP contribution is 2.14. The van der Waals surface area contributed by atoms with Crippen molar-refractivity contribution in [2.45, 2.75) is 116 Å². The Morgan fingerprint density at radius 1 is 0.739 bits per heavy atom. The molecule has 3 heteroatoms. The largest absolute Gasteiger partial charge is 0.467 e. The van der Waals surface area contributed by atoms with Crippen LogP contribution in [0.4, 0.5) is 0 Å². The zero-order chi connectivity index (χ0) is 17.2. The molecule has 0 aromatic carbocycles.